The van der Waals surface area contributed by atoms with Gasteiger partial charge < -0.3 is 14.5 Å². The lowest BCUT2D eigenvalue weighted by Gasteiger charge is -2.10. The Labute approximate surface area is 169 Å². The Morgan fingerprint density at radius 3 is 2.72 bits per heavy atom. The highest BCUT2D eigenvalue weighted by atomic mass is 19.1. The zero-order valence-electron chi connectivity index (χ0n) is 16.9. The molecular weight excluding hydrogens is 369 g/mol. The normalized spacial score (nSPS) is 13.8. The molecule has 0 aliphatic carbocycles. The largest absolute Gasteiger partial charge is 0.352 e. The van der Waals surface area contributed by atoms with Crippen LogP contribution >= 0.6 is 0 Å². The number of halogens is 1. The van der Waals surface area contributed by atoms with E-state index in [1.807, 2.05) is 24.5 Å². The SMILES string of the molecule is Cc1cc(C(=O)NCCc2nnc3n2CCCCC3)c(C)n1-c1ccc(F)cc1. The fraction of sp³-hybridized carbons (Fsp3) is 0.409. The first-order valence-corrected chi connectivity index (χ1v) is 10.2. The smallest absolute Gasteiger partial charge is 0.253 e. The maximum absolute atomic E-state index is 13.2. The van der Waals surface area contributed by atoms with E-state index in [0.717, 1.165) is 48.1 Å². The van der Waals surface area contributed by atoms with Gasteiger partial charge in [-0.05, 0) is 57.0 Å². The lowest BCUT2D eigenvalue weighted by Crippen LogP contribution is -2.27. The first-order valence-electron chi connectivity index (χ1n) is 10.2. The van der Waals surface area contributed by atoms with Crippen molar-refractivity contribution in [3.05, 3.63) is 64.7 Å². The average Bonchev–Trinajstić information content (AvgIpc) is 3.12. The van der Waals surface area contributed by atoms with Crippen molar-refractivity contribution >= 4 is 5.91 Å². The fourth-order valence-corrected chi connectivity index (χ4v) is 4.09. The summed E-state index contributed by atoms with van der Waals surface area (Å²) in [5.41, 5.74) is 3.24. The molecule has 6 nitrogen and oxygen atoms in total. The summed E-state index contributed by atoms with van der Waals surface area (Å²) in [6, 6.07) is 8.16. The van der Waals surface area contributed by atoms with Crippen molar-refractivity contribution in [3.8, 4) is 5.69 Å². The Morgan fingerprint density at radius 2 is 1.93 bits per heavy atom. The second-order valence-corrected chi connectivity index (χ2v) is 7.60. The number of fused-ring (bicyclic) bond motifs is 1. The van der Waals surface area contributed by atoms with Gasteiger partial charge in [-0.1, -0.05) is 6.42 Å². The first kappa shape index (κ1) is 19.4. The van der Waals surface area contributed by atoms with Crippen molar-refractivity contribution in [2.24, 2.45) is 0 Å². The van der Waals surface area contributed by atoms with Crippen LogP contribution in [0.4, 0.5) is 4.39 Å². The predicted octanol–water partition coefficient (Wildman–Crippen LogP) is 3.52. The first-order chi connectivity index (χ1) is 14.0. The number of aromatic nitrogens is 4. The third-order valence-electron chi connectivity index (χ3n) is 5.58. The van der Waals surface area contributed by atoms with Crippen LogP contribution < -0.4 is 5.32 Å². The molecule has 1 aliphatic rings. The van der Waals surface area contributed by atoms with Gasteiger partial charge in [0.25, 0.3) is 5.91 Å². The van der Waals surface area contributed by atoms with Crippen LogP contribution in [0.2, 0.25) is 0 Å². The van der Waals surface area contributed by atoms with Crippen molar-refractivity contribution < 1.29 is 9.18 Å². The Hall–Kier alpha value is -2.96. The van der Waals surface area contributed by atoms with Gasteiger partial charge in [-0.2, -0.15) is 0 Å². The highest BCUT2D eigenvalue weighted by molar-refractivity contribution is 5.95. The molecule has 0 bridgehead atoms. The molecule has 3 heterocycles. The quantitative estimate of drug-likeness (QED) is 0.719. The van der Waals surface area contributed by atoms with Gasteiger partial charge in [-0.25, -0.2) is 4.39 Å². The van der Waals surface area contributed by atoms with Crippen LogP contribution in [-0.2, 0) is 19.4 Å². The number of hydrogen-bond donors (Lipinski definition) is 1. The van der Waals surface area contributed by atoms with E-state index in [9.17, 15) is 9.18 Å². The van der Waals surface area contributed by atoms with Crippen LogP contribution in [0.15, 0.2) is 30.3 Å². The molecule has 1 N–H and O–H groups in total. The summed E-state index contributed by atoms with van der Waals surface area (Å²) >= 11 is 0. The van der Waals surface area contributed by atoms with Gasteiger partial charge in [-0.15, -0.1) is 10.2 Å². The van der Waals surface area contributed by atoms with Gasteiger partial charge in [0.15, 0.2) is 0 Å². The zero-order chi connectivity index (χ0) is 20.4. The van der Waals surface area contributed by atoms with E-state index in [0.29, 0.717) is 18.5 Å². The van der Waals surface area contributed by atoms with E-state index in [4.69, 9.17) is 0 Å². The maximum Gasteiger partial charge on any atom is 0.253 e. The molecule has 0 fully saturated rings. The summed E-state index contributed by atoms with van der Waals surface area (Å²) in [7, 11) is 0. The van der Waals surface area contributed by atoms with Gasteiger partial charge in [0, 0.05) is 43.0 Å². The van der Waals surface area contributed by atoms with E-state index < -0.39 is 0 Å². The van der Waals surface area contributed by atoms with Crippen LogP contribution in [0, 0.1) is 19.7 Å². The Kier molecular flexibility index (Phi) is 5.47. The number of hydrogen-bond acceptors (Lipinski definition) is 3. The molecule has 29 heavy (non-hydrogen) atoms. The van der Waals surface area contributed by atoms with Crippen molar-refractivity contribution in [3.63, 3.8) is 0 Å². The van der Waals surface area contributed by atoms with Crippen LogP contribution in [-0.4, -0.2) is 31.8 Å². The van der Waals surface area contributed by atoms with Gasteiger partial charge in [0.05, 0.1) is 5.56 Å². The summed E-state index contributed by atoms with van der Waals surface area (Å²) in [6.45, 7) is 5.32. The molecule has 1 amide bonds. The molecule has 2 aromatic heterocycles. The van der Waals surface area contributed by atoms with Crippen LogP contribution in [0.1, 0.15) is 52.7 Å². The number of rotatable bonds is 5. The summed E-state index contributed by atoms with van der Waals surface area (Å²) in [5, 5.41) is 11.6. The molecule has 152 valence electrons. The topological polar surface area (TPSA) is 64.7 Å². The maximum atomic E-state index is 13.2. The second kappa shape index (κ2) is 8.19. The number of carbonyl (C=O) groups is 1. The van der Waals surface area contributed by atoms with E-state index in [1.165, 1.54) is 25.0 Å². The van der Waals surface area contributed by atoms with Crippen molar-refractivity contribution in [1.82, 2.24) is 24.6 Å². The van der Waals surface area contributed by atoms with Crippen molar-refractivity contribution in [2.75, 3.05) is 6.54 Å². The molecule has 3 aromatic rings. The molecule has 0 atom stereocenters. The molecule has 0 saturated carbocycles. The minimum atomic E-state index is -0.277. The number of carbonyl (C=O) groups excluding carboxylic acids is 1. The summed E-state index contributed by atoms with van der Waals surface area (Å²) in [6.07, 6.45) is 5.19. The minimum Gasteiger partial charge on any atom is -0.352 e. The molecule has 1 aliphatic heterocycles. The highest BCUT2D eigenvalue weighted by Gasteiger charge is 2.18. The van der Waals surface area contributed by atoms with Crippen LogP contribution in [0.3, 0.4) is 0 Å². The van der Waals surface area contributed by atoms with E-state index in [1.54, 1.807) is 12.1 Å². The van der Waals surface area contributed by atoms with Crippen LogP contribution in [0.25, 0.3) is 5.69 Å². The standard InChI is InChI=1S/C22H26FN5O/c1-15-14-19(16(2)28(15)18-9-7-17(23)8-10-18)22(29)24-12-11-21-26-25-20-6-4-3-5-13-27(20)21/h7-10,14H,3-6,11-13H2,1-2H3,(H,24,29). The zero-order valence-corrected chi connectivity index (χ0v) is 16.9. The number of benzene rings is 1. The summed E-state index contributed by atoms with van der Waals surface area (Å²) < 4.78 is 17.4. The molecule has 4 rings (SSSR count). The van der Waals surface area contributed by atoms with Crippen molar-refractivity contribution in [2.45, 2.75) is 52.5 Å². The number of amides is 1. The lowest BCUT2D eigenvalue weighted by molar-refractivity contribution is 0.0953. The summed E-state index contributed by atoms with van der Waals surface area (Å²) in [4.78, 5) is 12.8. The molecule has 7 heteroatoms. The second-order valence-electron chi connectivity index (χ2n) is 7.60. The summed E-state index contributed by atoms with van der Waals surface area (Å²) in [5.74, 6) is 1.62. The average molecular weight is 395 g/mol. The molecule has 0 saturated heterocycles. The third-order valence-corrected chi connectivity index (χ3v) is 5.58. The Balaban J connectivity index is 1.44. The number of nitrogens with zero attached hydrogens (tertiary/aromatic N) is 4. The predicted molar refractivity (Wildman–Crippen MR) is 109 cm³/mol. The minimum absolute atomic E-state index is 0.109. The lowest BCUT2D eigenvalue weighted by atomic mass is 10.2. The van der Waals surface area contributed by atoms with E-state index in [-0.39, 0.29) is 11.7 Å². The fourth-order valence-electron chi connectivity index (χ4n) is 4.09. The van der Waals surface area contributed by atoms with Crippen LogP contribution in [0.5, 0.6) is 0 Å². The van der Waals surface area contributed by atoms with Gasteiger partial charge >= 0.3 is 0 Å². The van der Waals surface area contributed by atoms with E-state index >= 15 is 0 Å². The highest BCUT2D eigenvalue weighted by Crippen LogP contribution is 2.21. The number of nitrogens with one attached hydrogen (secondary N) is 1. The monoisotopic (exact) mass is 395 g/mol. The molecule has 0 spiro atoms. The number of aryl methyl sites for hydroxylation is 2. The molecule has 0 radical (unpaired) electrons. The van der Waals surface area contributed by atoms with Gasteiger partial charge in [-0.3, -0.25) is 4.79 Å². The van der Waals surface area contributed by atoms with Crippen molar-refractivity contribution in [1.29, 1.82) is 0 Å². The molecule has 1 aromatic carbocycles. The van der Waals surface area contributed by atoms with Gasteiger partial charge in [0.2, 0.25) is 0 Å². The van der Waals surface area contributed by atoms with E-state index in [2.05, 4.69) is 20.1 Å². The molecule has 0 unspecified atom stereocenters. The van der Waals surface area contributed by atoms with Gasteiger partial charge in [0.1, 0.15) is 17.5 Å². The Bertz CT molecular complexity index is 1020. The Morgan fingerprint density at radius 1 is 1.14 bits per heavy atom. The molecular formula is C22H26FN5O. The third kappa shape index (κ3) is 3.95.